The molecule has 0 heterocycles. The van der Waals surface area contributed by atoms with E-state index in [1.807, 2.05) is 6.07 Å². The molecule has 0 saturated carbocycles. The minimum Gasteiger partial charge on any atom is -0.466 e. The Kier molecular flexibility index (Phi) is 5.59. The number of hydrogen-bond donors (Lipinski definition) is 1. The van der Waals surface area contributed by atoms with Gasteiger partial charge in [0.25, 0.3) is 0 Å². The lowest BCUT2D eigenvalue weighted by Crippen LogP contribution is -2.22. The quantitative estimate of drug-likeness (QED) is 0.835. The van der Waals surface area contributed by atoms with Crippen molar-refractivity contribution in [1.29, 1.82) is 0 Å². The van der Waals surface area contributed by atoms with Gasteiger partial charge in [-0.2, -0.15) is 0 Å². The van der Waals surface area contributed by atoms with Crippen LogP contribution >= 0.6 is 23.2 Å². The molecule has 1 unspecified atom stereocenters. The maximum Gasteiger partial charge on any atom is 0.310 e. The summed E-state index contributed by atoms with van der Waals surface area (Å²) in [6, 6.07) is 5.32. The number of nitrogens with one attached hydrogen (secondary N) is 1. The van der Waals surface area contributed by atoms with E-state index in [1.165, 1.54) is 0 Å². The molecule has 0 aliphatic carbocycles. The van der Waals surface area contributed by atoms with Gasteiger partial charge in [-0.15, -0.1) is 0 Å². The summed E-state index contributed by atoms with van der Waals surface area (Å²) in [5.41, 5.74) is 0.718. The highest BCUT2D eigenvalue weighted by molar-refractivity contribution is 6.43. The maximum absolute atomic E-state index is 11.4. The zero-order valence-corrected chi connectivity index (χ0v) is 11.3. The minimum absolute atomic E-state index is 0.224. The van der Waals surface area contributed by atoms with Crippen molar-refractivity contribution in [3.63, 3.8) is 0 Å². The molecule has 1 atom stereocenters. The zero-order valence-electron chi connectivity index (χ0n) is 9.80. The smallest absolute Gasteiger partial charge is 0.310 e. The Hall–Kier alpha value is -0.930. The van der Waals surface area contributed by atoms with Gasteiger partial charge >= 0.3 is 5.97 Å². The van der Waals surface area contributed by atoms with Gasteiger partial charge < -0.3 is 10.1 Å². The van der Waals surface area contributed by atoms with Crippen LogP contribution in [0.3, 0.4) is 0 Å². The van der Waals surface area contributed by atoms with Crippen molar-refractivity contribution in [2.75, 3.05) is 18.5 Å². The molecule has 0 fully saturated rings. The molecule has 0 amide bonds. The highest BCUT2D eigenvalue weighted by Gasteiger charge is 2.14. The molecule has 0 aliphatic heterocycles. The summed E-state index contributed by atoms with van der Waals surface area (Å²) < 4.78 is 4.91. The summed E-state index contributed by atoms with van der Waals surface area (Å²) in [6.45, 7) is 4.43. The number of rotatable bonds is 5. The summed E-state index contributed by atoms with van der Waals surface area (Å²) in [6.07, 6.45) is 0. The predicted molar refractivity (Wildman–Crippen MR) is 70.7 cm³/mol. The maximum atomic E-state index is 11.4. The summed E-state index contributed by atoms with van der Waals surface area (Å²) >= 11 is 11.9. The number of esters is 1. The standard InChI is InChI=1S/C12H15Cl2NO2/c1-3-17-12(16)8(2)7-15-10-6-4-5-9(13)11(10)14/h4-6,8,15H,3,7H2,1-2H3. The van der Waals surface area contributed by atoms with E-state index in [0.29, 0.717) is 23.2 Å². The first-order chi connectivity index (χ1) is 8.06. The second-order valence-corrected chi connectivity index (χ2v) is 4.42. The Bertz CT molecular complexity index is 396. The average Bonchev–Trinajstić information content (AvgIpc) is 2.31. The zero-order chi connectivity index (χ0) is 12.8. The van der Waals surface area contributed by atoms with Crippen LogP contribution in [0.5, 0.6) is 0 Å². The monoisotopic (exact) mass is 275 g/mol. The SMILES string of the molecule is CCOC(=O)C(C)CNc1cccc(Cl)c1Cl. The van der Waals surface area contributed by atoms with E-state index in [-0.39, 0.29) is 11.9 Å². The molecule has 0 spiro atoms. The third-order valence-corrected chi connectivity index (χ3v) is 3.06. The molecule has 0 radical (unpaired) electrons. The summed E-state index contributed by atoms with van der Waals surface area (Å²) in [5.74, 6) is -0.455. The van der Waals surface area contributed by atoms with Crippen molar-refractivity contribution >= 4 is 34.9 Å². The van der Waals surface area contributed by atoms with Crippen LogP contribution in [0.1, 0.15) is 13.8 Å². The van der Waals surface area contributed by atoms with Gasteiger partial charge in [0.15, 0.2) is 0 Å². The molecule has 1 N–H and O–H groups in total. The molecule has 1 aromatic rings. The number of ether oxygens (including phenoxy) is 1. The Labute approximate surface area is 111 Å². The summed E-state index contributed by atoms with van der Waals surface area (Å²) in [7, 11) is 0. The predicted octanol–water partition coefficient (Wildman–Crippen LogP) is 3.60. The molecule has 1 aromatic carbocycles. The molecule has 3 nitrogen and oxygen atoms in total. The number of benzene rings is 1. The van der Waals surface area contributed by atoms with Crippen LogP contribution in [0.25, 0.3) is 0 Å². The van der Waals surface area contributed by atoms with Crippen LogP contribution in [0, 0.1) is 5.92 Å². The summed E-state index contributed by atoms with van der Waals surface area (Å²) in [5, 5.41) is 4.03. The van der Waals surface area contributed by atoms with Crippen molar-refractivity contribution in [3.8, 4) is 0 Å². The largest absolute Gasteiger partial charge is 0.466 e. The van der Waals surface area contributed by atoms with Crippen LogP contribution in [0.2, 0.25) is 10.0 Å². The molecular weight excluding hydrogens is 261 g/mol. The highest BCUT2D eigenvalue weighted by atomic mass is 35.5. The molecule has 17 heavy (non-hydrogen) atoms. The molecule has 5 heteroatoms. The third-order valence-electron chi connectivity index (χ3n) is 2.24. The van der Waals surface area contributed by atoms with Crippen LogP contribution < -0.4 is 5.32 Å². The van der Waals surface area contributed by atoms with Crippen molar-refractivity contribution in [2.24, 2.45) is 5.92 Å². The van der Waals surface area contributed by atoms with Gasteiger partial charge in [-0.1, -0.05) is 36.2 Å². The van der Waals surface area contributed by atoms with Crippen LogP contribution in [0.4, 0.5) is 5.69 Å². The first-order valence-corrected chi connectivity index (χ1v) is 6.16. The van der Waals surface area contributed by atoms with Gasteiger partial charge in [-0.3, -0.25) is 4.79 Å². The van der Waals surface area contributed by atoms with Crippen LogP contribution in [-0.4, -0.2) is 19.1 Å². The van der Waals surface area contributed by atoms with Crippen molar-refractivity contribution in [2.45, 2.75) is 13.8 Å². The number of carbonyl (C=O) groups excluding carboxylic acids is 1. The van der Waals surface area contributed by atoms with Crippen LogP contribution in [-0.2, 0) is 9.53 Å². The number of halogens is 2. The lowest BCUT2D eigenvalue weighted by atomic mass is 10.2. The fraction of sp³-hybridized carbons (Fsp3) is 0.417. The Morgan fingerprint density at radius 3 is 2.82 bits per heavy atom. The molecular formula is C12H15Cl2NO2. The second kappa shape index (κ2) is 6.72. The fourth-order valence-corrected chi connectivity index (χ4v) is 1.64. The lowest BCUT2D eigenvalue weighted by molar-refractivity contribution is -0.146. The topological polar surface area (TPSA) is 38.3 Å². The first kappa shape index (κ1) is 14.1. The van der Waals surface area contributed by atoms with E-state index in [2.05, 4.69) is 5.32 Å². The fourth-order valence-electron chi connectivity index (χ4n) is 1.27. The number of carbonyl (C=O) groups is 1. The van der Waals surface area contributed by atoms with E-state index in [9.17, 15) is 4.79 Å². The van der Waals surface area contributed by atoms with E-state index in [4.69, 9.17) is 27.9 Å². The van der Waals surface area contributed by atoms with Gasteiger partial charge in [0, 0.05) is 6.54 Å². The van der Waals surface area contributed by atoms with Crippen molar-refractivity contribution < 1.29 is 9.53 Å². The van der Waals surface area contributed by atoms with Gasteiger partial charge in [0.2, 0.25) is 0 Å². The highest BCUT2D eigenvalue weighted by Crippen LogP contribution is 2.29. The average molecular weight is 276 g/mol. The third kappa shape index (κ3) is 4.10. The van der Waals surface area contributed by atoms with Crippen LogP contribution in [0.15, 0.2) is 18.2 Å². The van der Waals surface area contributed by atoms with E-state index >= 15 is 0 Å². The second-order valence-electron chi connectivity index (χ2n) is 3.64. The first-order valence-electron chi connectivity index (χ1n) is 5.40. The minimum atomic E-state index is -0.231. The molecule has 0 aliphatic rings. The Morgan fingerprint density at radius 2 is 2.18 bits per heavy atom. The number of anilines is 1. The van der Waals surface area contributed by atoms with Crippen molar-refractivity contribution in [1.82, 2.24) is 0 Å². The van der Waals surface area contributed by atoms with Crippen molar-refractivity contribution in [3.05, 3.63) is 28.2 Å². The molecule has 94 valence electrons. The van der Waals surface area contributed by atoms with E-state index in [0.717, 1.165) is 5.69 Å². The number of hydrogen-bond acceptors (Lipinski definition) is 3. The normalized spacial score (nSPS) is 12.0. The molecule has 0 aromatic heterocycles. The van der Waals surface area contributed by atoms with Gasteiger partial charge in [0.1, 0.15) is 0 Å². The van der Waals surface area contributed by atoms with Gasteiger partial charge in [0.05, 0.1) is 28.3 Å². The molecule has 0 bridgehead atoms. The lowest BCUT2D eigenvalue weighted by Gasteiger charge is -2.13. The Balaban J connectivity index is 2.56. The Morgan fingerprint density at radius 1 is 1.47 bits per heavy atom. The van der Waals surface area contributed by atoms with Gasteiger partial charge in [-0.25, -0.2) is 0 Å². The summed E-state index contributed by atoms with van der Waals surface area (Å²) in [4.78, 5) is 11.4. The van der Waals surface area contributed by atoms with E-state index < -0.39 is 0 Å². The molecule has 0 saturated heterocycles. The molecule has 1 rings (SSSR count). The van der Waals surface area contributed by atoms with E-state index in [1.54, 1.807) is 26.0 Å². The van der Waals surface area contributed by atoms with Gasteiger partial charge in [-0.05, 0) is 19.1 Å².